The maximum absolute atomic E-state index is 11.5. The van der Waals surface area contributed by atoms with Crippen LogP contribution in [0.5, 0.6) is 0 Å². The maximum Gasteiger partial charge on any atom is 0.248 e. The number of hydrogen-bond donors (Lipinski definition) is 1. The van der Waals surface area contributed by atoms with Gasteiger partial charge in [0, 0.05) is 5.56 Å². The van der Waals surface area contributed by atoms with Crippen LogP contribution in [0.25, 0.3) is 0 Å². The summed E-state index contributed by atoms with van der Waals surface area (Å²) in [4.78, 5) is 11.5. The molecule has 1 amide bonds. The quantitative estimate of drug-likeness (QED) is 0.273. The second kappa shape index (κ2) is 15.3. The van der Waals surface area contributed by atoms with Crippen molar-refractivity contribution in [2.45, 2.75) is 105 Å². The fraction of sp³-hybridized carbons (Fsp3) is 0.679. The van der Waals surface area contributed by atoms with E-state index in [2.05, 4.69) is 40.7 Å². The van der Waals surface area contributed by atoms with Gasteiger partial charge in [-0.1, -0.05) is 102 Å². The van der Waals surface area contributed by atoms with E-state index >= 15 is 0 Å². The number of rotatable bonds is 16. The fourth-order valence-electron chi connectivity index (χ4n) is 4.26. The van der Waals surface area contributed by atoms with Gasteiger partial charge in [-0.25, -0.2) is 0 Å². The third kappa shape index (κ3) is 12.2. The van der Waals surface area contributed by atoms with Crippen molar-refractivity contribution in [3.8, 4) is 0 Å². The molecule has 0 radical (unpaired) electrons. The molecule has 2 unspecified atom stereocenters. The number of primary amides is 1. The maximum atomic E-state index is 11.5. The summed E-state index contributed by atoms with van der Waals surface area (Å²) in [5.41, 5.74) is 8.65. The molecule has 2 N–H and O–H groups in total. The Hall–Kier alpha value is -1.57. The summed E-state index contributed by atoms with van der Waals surface area (Å²) in [5.74, 6) is 2.25. The second-order valence-electron chi connectivity index (χ2n) is 9.97. The number of allylic oxidation sites excluding steroid dienone is 2. The van der Waals surface area contributed by atoms with Gasteiger partial charge in [0.2, 0.25) is 5.91 Å². The smallest absolute Gasteiger partial charge is 0.248 e. The standard InChI is InChI=1S/C28H47NO/c1-22(2)12-8-13-23(3)14-9-15-24(4)16-10-17-25(5)18-11-20-26-19-6-7-21-27(26)28(29)30/h6-7,18-19,21-24H,8-17,20H2,1-5H3,(H2,29,30)/b25-18+. The van der Waals surface area contributed by atoms with Gasteiger partial charge in [-0.05, 0) is 62.0 Å². The Morgan fingerprint density at radius 2 is 1.47 bits per heavy atom. The lowest BCUT2D eigenvalue weighted by atomic mass is 9.91. The van der Waals surface area contributed by atoms with E-state index in [0.717, 1.165) is 36.2 Å². The zero-order valence-corrected chi connectivity index (χ0v) is 20.4. The highest BCUT2D eigenvalue weighted by Gasteiger charge is 2.08. The summed E-state index contributed by atoms with van der Waals surface area (Å²) < 4.78 is 0. The SMILES string of the molecule is C/C(=C\CCc1ccccc1C(N)=O)CCCC(C)CCCC(C)CCCC(C)C. The monoisotopic (exact) mass is 413 g/mol. The second-order valence-corrected chi connectivity index (χ2v) is 9.97. The Bertz CT molecular complexity index is 631. The van der Waals surface area contributed by atoms with Gasteiger partial charge >= 0.3 is 0 Å². The molecular formula is C28H47NO. The van der Waals surface area contributed by atoms with Crippen molar-refractivity contribution < 1.29 is 4.79 Å². The van der Waals surface area contributed by atoms with Crippen molar-refractivity contribution in [2.75, 3.05) is 0 Å². The van der Waals surface area contributed by atoms with Crippen molar-refractivity contribution in [2.24, 2.45) is 23.5 Å². The van der Waals surface area contributed by atoms with E-state index in [4.69, 9.17) is 5.73 Å². The largest absolute Gasteiger partial charge is 0.366 e. The molecule has 1 aromatic carbocycles. The summed E-state index contributed by atoms with van der Waals surface area (Å²) in [6.07, 6.45) is 16.3. The highest BCUT2D eigenvalue weighted by Crippen LogP contribution is 2.22. The Balaban J connectivity index is 2.17. The summed E-state index contributed by atoms with van der Waals surface area (Å²) in [6.45, 7) is 11.7. The molecule has 30 heavy (non-hydrogen) atoms. The molecule has 0 bridgehead atoms. The Kier molecular flexibility index (Phi) is 13.5. The molecule has 2 atom stereocenters. The zero-order valence-electron chi connectivity index (χ0n) is 20.4. The number of amides is 1. The van der Waals surface area contributed by atoms with E-state index in [1.807, 2.05) is 24.3 Å². The van der Waals surface area contributed by atoms with Crippen LogP contribution in [-0.2, 0) is 6.42 Å². The number of nitrogens with two attached hydrogens (primary N) is 1. The molecule has 0 aromatic heterocycles. The van der Waals surface area contributed by atoms with Crippen LogP contribution in [-0.4, -0.2) is 5.91 Å². The number of hydrogen-bond acceptors (Lipinski definition) is 1. The first-order valence-electron chi connectivity index (χ1n) is 12.3. The number of aryl methyl sites for hydroxylation is 1. The van der Waals surface area contributed by atoms with E-state index in [0.29, 0.717) is 5.56 Å². The normalized spacial score (nSPS) is 14.1. The molecule has 0 fully saturated rings. The van der Waals surface area contributed by atoms with E-state index in [1.165, 1.54) is 63.4 Å². The van der Waals surface area contributed by atoms with Crippen LogP contribution in [0, 0.1) is 17.8 Å². The molecule has 0 aliphatic rings. The van der Waals surface area contributed by atoms with Crippen LogP contribution in [0.3, 0.4) is 0 Å². The molecule has 170 valence electrons. The van der Waals surface area contributed by atoms with Crippen LogP contribution >= 0.6 is 0 Å². The molecule has 2 heteroatoms. The lowest BCUT2D eigenvalue weighted by molar-refractivity contribution is 0.0999. The van der Waals surface area contributed by atoms with Crippen LogP contribution in [0.15, 0.2) is 35.9 Å². The van der Waals surface area contributed by atoms with Crippen molar-refractivity contribution in [1.82, 2.24) is 0 Å². The highest BCUT2D eigenvalue weighted by molar-refractivity contribution is 5.94. The number of carbonyl (C=O) groups excluding carboxylic acids is 1. The molecule has 1 rings (SSSR count). The molecule has 0 aliphatic carbocycles. The average molecular weight is 414 g/mol. The average Bonchev–Trinajstić information content (AvgIpc) is 2.68. The van der Waals surface area contributed by atoms with E-state index < -0.39 is 0 Å². The molecule has 2 nitrogen and oxygen atoms in total. The van der Waals surface area contributed by atoms with Crippen LogP contribution in [0.2, 0.25) is 0 Å². The molecule has 0 aliphatic heterocycles. The lowest BCUT2D eigenvalue weighted by Gasteiger charge is -2.15. The van der Waals surface area contributed by atoms with Gasteiger partial charge in [-0.15, -0.1) is 0 Å². The Morgan fingerprint density at radius 3 is 2.07 bits per heavy atom. The van der Waals surface area contributed by atoms with E-state index in [-0.39, 0.29) is 5.91 Å². The first-order chi connectivity index (χ1) is 14.3. The van der Waals surface area contributed by atoms with E-state index in [9.17, 15) is 4.79 Å². The van der Waals surface area contributed by atoms with Crippen LogP contribution in [0.4, 0.5) is 0 Å². The highest BCUT2D eigenvalue weighted by atomic mass is 16.1. The van der Waals surface area contributed by atoms with Crippen molar-refractivity contribution in [3.05, 3.63) is 47.0 Å². The van der Waals surface area contributed by atoms with Gasteiger partial charge in [0.05, 0.1) is 0 Å². The minimum absolute atomic E-state index is 0.328. The molecule has 0 saturated heterocycles. The Labute approximate surface area is 186 Å². The summed E-state index contributed by atoms with van der Waals surface area (Å²) in [6, 6.07) is 7.68. The van der Waals surface area contributed by atoms with Crippen molar-refractivity contribution in [3.63, 3.8) is 0 Å². The van der Waals surface area contributed by atoms with Gasteiger partial charge in [-0.3, -0.25) is 4.79 Å². The number of carbonyl (C=O) groups is 1. The molecule has 0 spiro atoms. The van der Waals surface area contributed by atoms with Crippen molar-refractivity contribution >= 4 is 5.91 Å². The first-order valence-corrected chi connectivity index (χ1v) is 12.3. The zero-order chi connectivity index (χ0) is 22.4. The van der Waals surface area contributed by atoms with Gasteiger partial charge in [0.25, 0.3) is 0 Å². The molecule has 1 aromatic rings. The first kappa shape index (κ1) is 26.5. The minimum Gasteiger partial charge on any atom is -0.366 e. The molecule has 0 saturated carbocycles. The van der Waals surface area contributed by atoms with Crippen LogP contribution in [0.1, 0.15) is 115 Å². The fourth-order valence-corrected chi connectivity index (χ4v) is 4.26. The predicted molar refractivity (Wildman–Crippen MR) is 132 cm³/mol. The third-order valence-corrected chi connectivity index (χ3v) is 6.33. The lowest BCUT2D eigenvalue weighted by Crippen LogP contribution is -2.13. The topological polar surface area (TPSA) is 43.1 Å². The van der Waals surface area contributed by atoms with E-state index in [1.54, 1.807) is 0 Å². The van der Waals surface area contributed by atoms with Gasteiger partial charge in [0.1, 0.15) is 0 Å². The van der Waals surface area contributed by atoms with Gasteiger partial charge < -0.3 is 5.73 Å². The molecular weight excluding hydrogens is 366 g/mol. The predicted octanol–water partition coefficient (Wildman–Crippen LogP) is 8.10. The summed E-state index contributed by atoms with van der Waals surface area (Å²) in [5, 5.41) is 0. The van der Waals surface area contributed by atoms with Crippen LogP contribution < -0.4 is 5.73 Å². The summed E-state index contributed by atoms with van der Waals surface area (Å²) >= 11 is 0. The van der Waals surface area contributed by atoms with Crippen molar-refractivity contribution in [1.29, 1.82) is 0 Å². The number of benzene rings is 1. The molecule has 0 heterocycles. The van der Waals surface area contributed by atoms with Gasteiger partial charge in [-0.2, -0.15) is 0 Å². The summed E-state index contributed by atoms with van der Waals surface area (Å²) in [7, 11) is 0. The minimum atomic E-state index is -0.328. The Morgan fingerprint density at radius 1 is 0.900 bits per heavy atom. The van der Waals surface area contributed by atoms with Gasteiger partial charge in [0.15, 0.2) is 0 Å². The third-order valence-electron chi connectivity index (χ3n) is 6.33.